The van der Waals surface area contributed by atoms with Crippen molar-refractivity contribution in [1.82, 2.24) is 9.78 Å². The summed E-state index contributed by atoms with van der Waals surface area (Å²) in [5, 5.41) is 4.98. The maximum Gasteiger partial charge on any atom is 0.162 e. The van der Waals surface area contributed by atoms with Crippen LogP contribution >= 0.6 is 0 Å². The number of fused-ring (bicyclic) bond motifs is 1. The van der Waals surface area contributed by atoms with Gasteiger partial charge in [0.25, 0.3) is 0 Å². The summed E-state index contributed by atoms with van der Waals surface area (Å²) in [4.78, 5) is 3.25. The second-order valence-corrected chi connectivity index (χ2v) is 8.03. The number of hydrogen-bond acceptors (Lipinski definition) is 3. The van der Waals surface area contributed by atoms with Gasteiger partial charge in [-0.2, -0.15) is 5.10 Å². The quantitative estimate of drug-likeness (QED) is 0.668. The third-order valence-electron chi connectivity index (χ3n) is 5.88. The van der Waals surface area contributed by atoms with Crippen molar-refractivity contribution >= 4 is 0 Å². The Morgan fingerprint density at radius 3 is 2.48 bits per heavy atom. The minimum absolute atomic E-state index is 0.593. The lowest BCUT2D eigenvalue weighted by molar-refractivity contribution is -1.01. The topological polar surface area (TPSA) is 45.2 Å². The molecule has 0 saturated carbocycles. The standard InChI is InChI=1S/C23H26N4O2/c1-25-9-11-26(12-10-25)16-19-17-27(20-5-3-2-4-6-20)24-23(19)18-7-8-21-22(15-18)29-14-13-28-21/h2-8,15,17H,9-14,16H2,1H3/p+2. The van der Waals surface area contributed by atoms with Crippen LogP contribution in [0.25, 0.3) is 16.9 Å². The molecule has 0 aliphatic carbocycles. The Balaban J connectivity index is 1.51. The van der Waals surface area contributed by atoms with E-state index in [1.54, 1.807) is 9.80 Å². The Bertz CT molecular complexity index is 978. The summed E-state index contributed by atoms with van der Waals surface area (Å²) in [5.74, 6) is 1.63. The number of aromatic nitrogens is 2. The van der Waals surface area contributed by atoms with E-state index in [9.17, 15) is 0 Å². The Labute approximate surface area is 171 Å². The van der Waals surface area contributed by atoms with E-state index in [0.29, 0.717) is 13.2 Å². The van der Waals surface area contributed by atoms with Crippen LogP contribution in [0, 0.1) is 0 Å². The first-order valence-electron chi connectivity index (χ1n) is 10.4. The van der Waals surface area contributed by atoms with Gasteiger partial charge in [0.05, 0.1) is 18.3 Å². The zero-order chi connectivity index (χ0) is 19.6. The largest absolute Gasteiger partial charge is 0.486 e. The number of likely N-dealkylation sites (N-methyl/N-ethyl adjacent to an activating group) is 1. The molecule has 6 nitrogen and oxygen atoms in total. The molecule has 0 unspecified atom stereocenters. The van der Waals surface area contributed by atoms with Gasteiger partial charge in [0.1, 0.15) is 51.6 Å². The van der Waals surface area contributed by atoms with E-state index in [-0.39, 0.29) is 0 Å². The van der Waals surface area contributed by atoms with Crippen molar-refractivity contribution in [3.63, 3.8) is 0 Å². The summed E-state index contributed by atoms with van der Waals surface area (Å²) in [7, 11) is 2.28. The fourth-order valence-corrected chi connectivity index (χ4v) is 4.16. The summed E-state index contributed by atoms with van der Waals surface area (Å²) < 4.78 is 13.5. The molecule has 2 N–H and O–H groups in total. The Hall–Kier alpha value is -2.83. The van der Waals surface area contributed by atoms with Gasteiger partial charge in [-0.1, -0.05) is 18.2 Å². The second kappa shape index (κ2) is 7.89. The summed E-state index contributed by atoms with van der Waals surface area (Å²) in [6.07, 6.45) is 2.19. The molecule has 6 heteroatoms. The van der Waals surface area contributed by atoms with Crippen LogP contribution in [-0.2, 0) is 6.54 Å². The summed E-state index contributed by atoms with van der Waals surface area (Å²) in [6.45, 7) is 7.03. The predicted octanol–water partition coefficient (Wildman–Crippen LogP) is 0.224. The van der Waals surface area contributed by atoms with Crippen LogP contribution in [0.1, 0.15) is 5.56 Å². The lowest BCUT2D eigenvalue weighted by Crippen LogP contribution is -3.26. The third-order valence-corrected chi connectivity index (χ3v) is 5.88. The number of nitrogens with one attached hydrogen (secondary N) is 2. The molecule has 3 heterocycles. The number of nitrogens with zero attached hydrogens (tertiary/aromatic N) is 2. The molecule has 1 saturated heterocycles. The molecule has 5 rings (SSSR count). The van der Waals surface area contributed by atoms with Crippen molar-refractivity contribution in [3.8, 4) is 28.4 Å². The van der Waals surface area contributed by atoms with Gasteiger partial charge in [-0.15, -0.1) is 0 Å². The summed E-state index contributed by atoms with van der Waals surface area (Å²) >= 11 is 0. The zero-order valence-corrected chi connectivity index (χ0v) is 16.9. The van der Waals surface area contributed by atoms with Crippen LogP contribution in [0.15, 0.2) is 54.7 Å². The van der Waals surface area contributed by atoms with Gasteiger partial charge in [0, 0.05) is 11.8 Å². The number of quaternary nitrogens is 2. The first-order chi connectivity index (χ1) is 14.3. The van der Waals surface area contributed by atoms with E-state index in [2.05, 4.69) is 49.6 Å². The maximum absolute atomic E-state index is 5.81. The van der Waals surface area contributed by atoms with E-state index in [1.807, 2.05) is 16.8 Å². The maximum atomic E-state index is 5.81. The number of rotatable bonds is 4. The van der Waals surface area contributed by atoms with Gasteiger partial charge in [-0.05, 0) is 30.3 Å². The second-order valence-electron chi connectivity index (χ2n) is 8.03. The SMILES string of the molecule is C[NH+]1CC[NH+](Cc2cn(-c3ccccc3)nc2-c2ccc3c(c2)OCCO3)CC1. The van der Waals surface area contributed by atoms with E-state index in [0.717, 1.165) is 35.0 Å². The van der Waals surface area contributed by atoms with Gasteiger partial charge in [0.15, 0.2) is 11.5 Å². The van der Waals surface area contributed by atoms with Crippen molar-refractivity contribution in [3.05, 3.63) is 60.3 Å². The molecule has 0 amide bonds. The highest BCUT2D eigenvalue weighted by Gasteiger charge is 2.24. The molecule has 2 aromatic carbocycles. The minimum atomic E-state index is 0.593. The number of hydrogen-bond donors (Lipinski definition) is 2. The number of ether oxygens (including phenoxy) is 2. The fraction of sp³-hybridized carbons (Fsp3) is 0.348. The molecule has 1 aromatic heterocycles. The summed E-state index contributed by atoms with van der Waals surface area (Å²) in [5.41, 5.74) is 4.47. The Kier molecular flexibility index (Phi) is 4.96. The molecule has 3 aromatic rings. The monoisotopic (exact) mass is 392 g/mol. The molecule has 29 heavy (non-hydrogen) atoms. The molecule has 0 spiro atoms. The molecule has 2 aliphatic heterocycles. The first-order valence-corrected chi connectivity index (χ1v) is 10.4. The highest BCUT2D eigenvalue weighted by molar-refractivity contribution is 5.67. The van der Waals surface area contributed by atoms with Crippen LogP contribution in [0.5, 0.6) is 11.5 Å². The molecule has 2 aliphatic rings. The molecule has 1 fully saturated rings. The molecule has 0 bridgehead atoms. The lowest BCUT2D eigenvalue weighted by Gasteiger charge is -2.27. The highest BCUT2D eigenvalue weighted by atomic mass is 16.6. The molecular weight excluding hydrogens is 364 g/mol. The van der Waals surface area contributed by atoms with E-state index in [4.69, 9.17) is 14.6 Å². The van der Waals surface area contributed by atoms with Crippen LogP contribution in [-0.4, -0.2) is 56.2 Å². The Morgan fingerprint density at radius 2 is 1.69 bits per heavy atom. The van der Waals surface area contributed by atoms with Crippen molar-refractivity contribution in [2.75, 3.05) is 46.4 Å². The van der Waals surface area contributed by atoms with E-state index >= 15 is 0 Å². The van der Waals surface area contributed by atoms with Gasteiger partial charge < -0.3 is 19.3 Å². The van der Waals surface area contributed by atoms with Crippen LogP contribution < -0.4 is 19.3 Å². The summed E-state index contributed by atoms with van der Waals surface area (Å²) in [6, 6.07) is 16.5. The number of piperazine rings is 1. The van der Waals surface area contributed by atoms with E-state index < -0.39 is 0 Å². The fourth-order valence-electron chi connectivity index (χ4n) is 4.16. The van der Waals surface area contributed by atoms with Crippen molar-refractivity contribution < 1.29 is 19.3 Å². The smallest absolute Gasteiger partial charge is 0.162 e. The zero-order valence-electron chi connectivity index (χ0n) is 16.9. The highest BCUT2D eigenvalue weighted by Crippen LogP contribution is 2.35. The predicted molar refractivity (Wildman–Crippen MR) is 111 cm³/mol. The molecule has 0 radical (unpaired) electrons. The molecule has 0 atom stereocenters. The minimum Gasteiger partial charge on any atom is -0.486 e. The average molecular weight is 393 g/mol. The van der Waals surface area contributed by atoms with Crippen LogP contribution in [0.3, 0.4) is 0 Å². The van der Waals surface area contributed by atoms with Gasteiger partial charge >= 0.3 is 0 Å². The van der Waals surface area contributed by atoms with Crippen molar-refractivity contribution in [2.45, 2.75) is 6.54 Å². The number of para-hydroxylation sites is 1. The van der Waals surface area contributed by atoms with Crippen molar-refractivity contribution in [1.29, 1.82) is 0 Å². The van der Waals surface area contributed by atoms with Crippen LogP contribution in [0.2, 0.25) is 0 Å². The first kappa shape index (κ1) is 18.2. The average Bonchev–Trinajstić information content (AvgIpc) is 3.19. The van der Waals surface area contributed by atoms with Gasteiger partial charge in [-0.3, -0.25) is 0 Å². The third kappa shape index (κ3) is 3.86. The number of benzene rings is 2. The molecule has 150 valence electrons. The van der Waals surface area contributed by atoms with Gasteiger partial charge in [0.2, 0.25) is 0 Å². The molecular formula is C23H28N4O2+2. The van der Waals surface area contributed by atoms with E-state index in [1.165, 1.54) is 31.7 Å². The van der Waals surface area contributed by atoms with Gasteiger partial charge in [-0.25, -0.2) is 4.68 Å². The van der Waals surface area contributed by atoms with Crippen LogP contribution in [0.4, 0.5) is 0 Å². The lowest BCUT2D eigenvalue weighted by atomic mass is 10.1. The Morgan fingerprint density at radius 1 is 0.931 bits per heavy atom. The van der Waals surface area contributed by atoms with Crippen molar-refractivity contribution in [2.24, 2.45) is 0 Å². The normalized spacial score (nSPS) is 21.1.